The van der Waals surface area contributed by atoms with Crippen molar-refractivity contribution in [3.05, 3.63) is 59.2 Å². The zero-order valence-corrected chi connectivity index (χ0v) is 19.3. The molecule has 0 bridgehead atoms. The van der Waals surface area contributed by atoms with Crippen molar-refractivity contribution in [2.75, 3.05) is 45.9 Å². The molecule has 162 valence electrons. The second-order valence-corrected chi connectivity index (χ2v) is 9.18. The van der Waals surface area contributed by atoms with Gasteiger partial charge in [0, 0.05) is 49.3 Å². The number of nitrogens with zero attached hydrogens (tertiary/aromatic N) is 4. The van der Waals surface area contributed by atoms with Crippen molar-refractivity contribution >= 4 is 32.7 Å². The molecule has 5 rings (SSSR count). The highest BCUT2D eigenvalue weighted by atomic mass is 79.9. The molecule has 1 aliphatic rings. The lowest BCUT2D eigenvalue weighted by atomic mass is 10.1. The topological polar surface area (TPSA) is 51.5 Å². The van der Waals surface area contributed by atoms with Crippen LogP contribution in [0.4, 0.5) is 0 Å². The number of hydrogen-bond acceptors (Lipinski definition) is 3. The monoisotopic (exact) mass is 482 g/mol. The number of aromatic nitrogens is 3. The summed E-state index contributed by atoms with van der Waals surface area (Å²) in [6.07, 6.45) is 3.36. The van der Waals surface area contributed by atoms with Crippen LogP contribution in [-0.4, -0.2) is 70.3 Å². The van der Waals surface area contributed by atoms with Crippen LogP contribution < -0.4 is 4.40 Å². The molecular weight excluding hydrogens is 454 g/mol. The van der Waals surface area contributed by atoms with Crippen molar-refractivity contribution in [3.63, 3.8) is 0 Å². The van der Waals surface area contributed by atoms with Gasteiger partial charge in [-0.15, -0.1) is 0 Å². The smallest absolute Gasteiger partial charge is 0.368 e. The van der Waals surface area contributed by atoms with Crippen LogP contribution in [0.15, 0.2) is 59.2 Å². The van der Waals surface area contributed by atoms with Gasteiger partial charge in [-0.3, -0.25) is 4.90 Å². The molecule has 2 N–H and O–H groups in total. The second-order valence-electron chi connectivity index (χ2n) is 8.27. The molecule has 1 fully saturated rings. The SMILES string of the molecule is OCCN1CCN(CCCn2c(-c3ccc(Br)cc3)c[n+]3c4ccccc4[nH]c23)CC1. The highest BCUT2D eigenvalue weighted by Gasteiger charge is 2.22. The molecule has 2 aromatic heterocycles. The summed E-state index contributed by atoms with van der Waals surface area (Å²) in [5.41, 5.74) is 4.82. The molecule has 0 amide bonds. The molecule has 6 nitrogen and oxygen atoms in total. The molecule has 1 aliphatic heterocycles. The van der Waals surface area contributed by atoms with E-state index in [4.69, 9.17) is 5.11 Å². The number of aromatic amines is 1. The van der Waals surface area contributed by atoms with E-state index in [2.05, 4.69) is 94.4 Å². The summed E-state index contributed by atoms with van der Waals surface area (Å²) in [5, 5.41) is 9.14. The number of piperazine rings is 1. The largest absolute Gasteiger partial charge is 0.395 e. The number of nitrogens with one attached hydrogen (secondary N) is 1. The molecule has 2 aromatic carbocycles. The number of para-hydroxylation sites is 2. The van der Waals surface area contributed by atoms with Crippen molar-refractivity contribution in [1.29, 1.82) is 0 Å². The zero-order chi connectivity index (χ0) is 21.2. The molecule has 7 heteroatoms. The number of aliphatic hydroxyl groups excluding tert-OH is 1. The Balaban J connectivity index is 1.38. The van der Waals surface area contributed by atoms with E-state index in [0.717, 1.165) is 68.0 Å². The van der Waals surface area contributed by atoms with E-state index in [-0.39, 0.29) is 6.61 Å². The van der Waals surface area contributed by atoms with Crippen molar-refractivity contribution in [2.24, 2.45) is 0 Å². The lowest BCUT2D eigenvalue weighted by Crippen LogP contribution is -2.47. The maximum atomic E-state index is 9.14. The average molecular weight is 483 g/mol. The first kappa shape index (κ1) is 20.7. The number of benzene rings is 2. The lowest BCUT2D eigenvalue weighted by molar-refractivity contribution is -0.479. The predicted octanol–water partition coefficient (Wildman–Crippen LogP) is 3.14. The van der Waals surface area contributed by atoms with Crippen LogP contribution in [0.1, 0.15) is 6.42 Å². The van der Waals surface area contributed by atoms with E-state index in [1.165, 1.54) is 16.8 Å². The van der Waals surface area contributed by atoms with E-state index in [9.17, 15) is 0 Å². The van der Waals surface area contributed by atoms with Crippen LogP contribution in [0.3, 0.4) is 0 Å². The van der Waals surface area contributed by atoms with Gasteiger partial charge in [0.05, 0.1) is 13.2 Å². The molecule has 3 heterocycles. The normalized spacial score (nSPS) is 15.9. The first-order chi connectivity index (χ1) is 15.2. The number of fused-ring (bicyclic) bond motifs is 3. The summed E-state index contributed by atoms with van der Waals surface area (Å²) in [7, 11) is 0. The Bertz CT molecular complexity index is 1160. The van der Waals surface area contributed by atoms with Gasteiger partial charge in [-0.25, -0.2) is 9.55 Å². The predicted molar refractivity (Wildman–Crippen MR) is 127 cm³/mol. The summed E-state index contributed by atoms with van der Waals surface area (Å²) in [6, 6.07) is 17.0. The van der Waals surface area contributed by atoms with Gasteiger partial charge in [-0.05, 0) is 30.7 Å². The Morgan fingerprint density at radius 2 is 1.61 bits per heavy atom. The summed E-state index contributed by atoms with van der Waals surface area (Å²) in [6.45, 7) is 7.38. The van der Waals surface area contributed by atoms with Crippen LogP contribution in [0.2, 0.25) is 0 Å². The number of aryl methyl sites for hydroxylation is 1. The van der Waals surface area contributed by atoms with Crippen LogP contribution >= 0.6 is 15.9 Å². The number of H-pyrrole nitrogens is 1. The van der Waals surface area contributed by atoms with Crippen LogP contribution in [0, 0.1) is 0 Å². The minimum Gasteiger partial charge on any atom is -0.395 e. The molecule has 0 atom stereocenters. The van der Waals surface area contributed by atoms with Gasteiger partial charge >= 0.3 is 5.78 Å². The maximum absolute atomic E-state index is 9.14. The number of imidazole rings is 2. The fourth-order valence-electron chi connectivity index (χ4n) is 4.63. The van der Waals surface area contributed by atoms with Gasteiger partial charge in [0.2, 0.25) is 0 Å². The van der Waals surface area contributed by atoms with Crippen molar-refractivity contribution in [3.8, 4) is 11.3 Å². The van der Waals surface area contributed by atoms with Crippen LogP contribution in [0.25, 0.3) is 28.1 Å². The number of β-amino-alcohol motifs (C(OH)–C–C–N with tert-alkyl or cyclic N) is 1. The van der Waals surface area contributed by atoms with E-state index in [1.54, 1.807) is 0 Å². The highest BCUT2D eigenvalue weighted by molar-refractivity contribution is 9.10. The number of halogens is 1. The Labute approximate surface area is 190 Å². The zero-order valence-electron chi connectivity index (χ0n) is 17.7. The molecule has 0 spiro atoms. The van der Waals surface area contributed by atoms with Gasteiger partial charge < -0.3 is 10.0 Å². The minimum atomic E-state index is 0.255. The molecule has 0 aliphatic carbocycles. The minimum absolute atomic E-state index is 0.255. The van der Waals surface area contributed by atoms with E-state index in [0.29, 0.717) is 0 Å². The number of rotatable bonds is 7. The molecule has 0 unspecified atom stereocenters. The van der Waals surface area contributed by atoms with Crippen LogP contribution in [-0.2, 0) is 6.54 Å². The standard InChI is InChI=1S/C24H28BrN5O/c25-20-8-6-19(7-9-20)23-18-30-22-5-2-1-4-21(22)26-24(30)29(23)11-3-10-27-12-14-28(15-13-27)16-17-31/h1-2,4-9,18,31H,3,10-17H2/p+1. The molecule has 0 saturated carbocycles. The van der Waals surface area contributed by atoms with Gasteiger partial charge in [0.25, 0.3) is 0 Å². The number of hydrogen-bond donors (Lipinski definition) is 2. The summed E-state index contributed by atoms with van der Waals surface area (Å²) in [4.78, 5) is 8.52. The first-order valence-electron chi connectivity index (χ1n) is 11.1. The van der Waals surface area contributed by atoms with Crippen molar-refractivity contribution < 1.29 is 9.51 Å². The fraction of sp³-hybridized carbons (Fsp3) is 0.375. The van der Waals surface area contributed by atoms with Crippen molar-refractivity contribution in [1.82, 2.24) is 19.4 Å². The summed E-state index contributed by atoms with van der Waals surface area (Å²) >= 11 is 3.56. The lowest BCUT2D eigenvalue weighted by Gasteiger charge is -2.34. The third kappa shape index (κ3) is 4.28. The summed E-state index contributed by atoms with van der Waals surface area (Å²) < 4.78 is 5.80. The Hall–Kier alpha value is -2.19. The van der Waals surface area contributed by atoms with E-state index < -0.39 is 0 Å². The highest BCUT2D eigenvalue weighted by Crippen LogP contribution is 2.24. The number of aliphatic hydroxyl groups is 1. The molecule has 1 saturated heterocycles. The fourth-order valence-corrected chi connectivity index (χ4v) is 4.89. The van der Waals surface area contributed by atoms with Gasteiger partial charge in [0.1, 0.15) is 22.9 Å². The van der Waals surface area contributed by atoms with Crippen molar-refractivity contribution in [2.45, 2.75) is 13.0 Å². The summed E-state index contributed by atoms with van der Waals surface area (Å²) in [5.74, 6) is 1.13. The van der Waals surface area contributed by atoms with Gasteiger partial charge in [-0.2, -0.15) is 4.40 Å². The molecule has 4 aromatic rings. The van der Waals surface area contributed by atoms with E-state index in [1.807, 2.05) is 0 Å². The Kier molecular flexibility index (Phi) is 6.09. The third-order valence-corrected chi connectivity index (χ3v) is 6.84. The Morgan fingerprint density at radius 1 is 0.903 bits per heavy atom. The van der Waals surface area contributed by atoms with Gasteiger partial charge in [-0.1, -0.05) is 40.2 Å². The van der Waals surface area contributed by atoms with Crippen LogP contribution in [0.5, 0.6) is 0 Å². The molecule has 0 radical (unpaired) electrons. The van der Waals surface area contributed by atoms with E-state index >= 15 is 0 Å². The average Bonchev–Trinajstić information content (AvgIpc) is 3.32. The maximum Gasteiger partial charge on any atom is 0.368 e. The first-order valence-corrected chi connectivity index (χ1v) is 11.9. The second kappa shape index (κ2) is 9.12. The molecular formula is C24H29BrN5O+. The van der Waals surface area contributed by atoms with Gasteiger partial charge in [0.15, 0.2) is 0 Å². The Morgan fingerprint density at radius 3 is 2.35 bits per heavy atom. The quantitative estimate of drug-likeness (QED) is 0.398. The molecule has 31 heavy (non-hydrogen) atoms. The third-order valence-electron chi connectivity index (χ3n) is 6.31.